The maximum atomic E-state index is 10.6. The van der Waals surface area contributed by atoms with Gasteiger partial charge in [0.1, 0.15) is 0 Å². The van der Waals surface area contributed by atoms with Gasteiger partial charge < -0.3 is 0 Å². The Bertz CT molecular complexity index is 331. The van der Waals surface area contributed by atoms with Crippen LogP contribution in [-0.2, 0) is 17.1 Å². The lowest BCUT2D eigenvalue weighted by molar-refractivity contribution is 0.614. The number of benzene rings is 1. The first-order valence-electron chi connectivity index (χ1n) is 4.97. The fourth-order valence-corrected chi connectivity index (χ4v) is 1.76. The smallest absolute Gasteiger partial charge is 0.168 e. The molecule has 0 heterocycles. The Balaban J connectivity index is 2.55. The molecule has 0 aromatic heterocycles. The molecule has 0 amide bonds. The van der Waals surface area contributed by atoms with Crippen molar-refractivity contribution in [2.45, 2.75) is 37.5 Å². The van der Waals surface area contributed by atoms with Gasteiger partial charge in [0.15, 0.2) is 10.7 Å². The number of aryl methyl sites for hydroxylation is 1. The van der Waals surface area contributed by atoms with Crippen molar-refractivity contribution in [2.75, 3.05) is 0 Å². The average Bonchev–Trinajstić information content (AvgIpc) is 2.19. The van der Waals surface area contributed by atoms with E-state index in [0.717, 1.165) is 6.42 Å². The highest BCUT2D eigenvalue weighted by Gasteiger charge is 1.95. The van der Waals surface area contributed by atoms with Gasteiger partial charge in [0.05, 0.1) is 4.90 Å². The maximum Gasteiger partial charge on any atom is 0.168 e. The van der Waals surface area contributed by atoms with Crippen molar-refractivity contribution in [3.05, 3.63) is 29.8 Å². The van der Waals surface area contributed by atoms with E-state index in [2.05, 4.69) is 6.92 Å². The highest BCUT2D eigenvalue weighted by atomic mass is 32.2. The van der Waals surface area contributed by atoms with Crippen LogP contribution in [0.3, 0.4) is 0 Å². The van der Waals surface area contributed by atoms with Crippen LogP contribution in [0.2, 0.25) is 0 Å². The molecule has 0 spiro atoms. The van der Waals surface area contributed by atoms with Crippen molar-refractivity contribution in [1.29, 1.82) is 0 Å². The summed E-state index contributed by atoms with van der Waals surface area (Å²) in [6, 6.07) is 7.15. The van der Waals surface area contributed by atoms with Crippen molar-refractivity contribution in [3.8, 4) is 0 Å². The summed E-state index contributed by atoms with van der Waals surface area (Å²) in [5, 5.41) is 0. The highest BCUT2D eigenvalue weighted by molar-refractivity contribution is 7.72. The summed E-state index contributed by atoms with van der Waals surface area (Å²) >= 11 is 0. The third kappa shape index (κ3) is 3.50. The second-order valence-corrected chi connectivity index (χ2v) is 4.41. The molecular weight excluding hydrogens is 196 g/mol. The molecule has 0 aliphatic heterocycles. The zero-order valence-corrected chi connectivity index (χ0v) is 9.30. The lowest BCUT2D eigenvalue weighted by Crippen LogP contribution is -1.86. The molecular formula is C11H16O2S. The SMILES string of the molecule is CCCCCc1ccc([SH](=O)=O)cc1. The molecule has 0 saturated heterocycles. The van der Waals surface area contributed by atoms with E-state index in [9.17, 15) is 8.42 Å². The molecule has 0 aliphatic carbocycles. The van der Waals surface area contributed by atoms with Gasteiger partial charge in [0, 0.05) is 0 Å². The lowest BCUT2D eigenvalue weighted by atomic mass is 10.1. The highest BCUT2D eigenvalue weighted by Crippen LogP contribution is 2.09. The quantitative estimate of drug-likeness (QED) is 0.600. The van der Waals surface area contributed by atoms with Gasteiger partial charge in [-0.15, -0.1) is 0 Å². The Morgan fingerprint density at radius 3 is 2.21 bits per heavy atom. The van der Waals surface area contributed by atoms with Crippen LogP contribution in [0.25, 0.3) is 0 Å². The van der Waals surface area contributed by atoms with Crippen LogP contribution in [0.1, 0.15) is 31.7 Å². The minimum Gasteiger partial charge on any atom is -0.227 e. The van der Waals surface area contributed by atoms with Gasteiger partial charge in [-0.2, -0.15) is 0 Å². The van der Waals surface area contributed by atoms with Gasteiger partial charge >= 0.3 is 0 Å². The van der Waals surface area contributed by atoms with E-state index in [1.54, 1.807) is 12.1 Å². The number of hydrogen-bond donors (Lipinski definition) is 1. The van der Waals surface area contributed by atoms with Crippen LogP contribution in [-0.4, -0.2) is 8.42 Å². The monoisotopic (exact) mass is 212 g/mol. The summed E-state index contributed by atoms with van der Waals surface area (Å²) < 4.78 is 21.2. The first-order chi connectivity index (χ1) is 6.74. The van der Waals surface area contributed by atoms with Gasteiger partial charge in [-0.25, -0.2) is 8.42 Å². The molecule has 0 fully saturated rings. The van der Waals surface area contributed by atoms with Crippen LogP contribution < -0.4 is 0 Å². The van der Waals surface area contributed by atoms with E-state index in [1.807, 2.05) is 12.1 Å². The van der Waals surface area contributed by atoms with Gasteiger partial charge in [-0.3, -0.25) is 0 Å². The van der Waals surface area contributed by atoms with E-state index in [1.165, 1.54) is 24.8 Å². The Labute approximate surface area is 86.9 Å². The zero-order valence-electron chi connectivity index (χ0n) is 8.40. The van der Waals surface area contributed by atoms with Gasteiger partial charge in [-0.05, 0) is 30.5 Å². The molecule has 0 N–H and O–H groups in total. The van der Waals surface area contributed by atoms with Crippen LogP contribution in [0.4, 0.5) is 0 Å². The normalized spacial score (nSPS) is 10.7. The van der Waals surface area contributed by atoms with E-state index in [-0.39, 0.29) is 0 Å². The number of rotatable bonds is 5. The molecule has 0 saturated carbocycles. The molecule has 14 heavy (non-hydrogen) atoms. The topological polar surface area (TPSA) is 34.1 Å². The predicted molar refractivity (Wildman–Crippen MR) is 58.3 cm³/mol. The summed E-state index contributed by atoms with van der Waals surface area (Å²) in [5.74, 6) is 0. The molecule has 1 rings (SSSR count). The molecule has 1 aromatic carbocycles. The Morgan fingerprint density at radius 2 is 1.71 bits per heavy atom. The Morgan fingerprint density at radius 1 is 1.07 bits per heavy atom. The largest absolute Gasteiger partial charge is 0.227 e. The summed E-state index contributed by atoms with van der Waals surface area (Å²) in [7, 11) is -2.42. The fourth-order valence-electron chi connectivity index (χ4n) is 1.36. The first kappa shape index (κ1) is 11.2. The van der Waals surface area contributed by atoms with E-state index >= 15 is 0 Å². The fraction of sp³-hybridized carbons (Fsp3) is 0.455. The Hall–Kier alpha value is -0.830. The van der Waals surface area contributed by atoms with Crippen LogP contribution in [0.5, 0.6) is 0 Å². The molecule has 78 valence electrons. The summed E-state index contributed by atoms with van der Waals surface area (Å²) in [4.78, 5) is 0.402. The third-order valence-corrected chi connectivity index (χ3v) is 2.94. The van der Waals surface area contributed by atoms with Crippen molar-refractivity contribution >= 4 is 10.7 Å². The predicted octanol–water partition coefficient (Wildman–Crippen LogP) is 2.39. The average molecular weight is 212 g/mol. The van der Waals surface area contributed by atoms with Crippen LogP contribution >= 0.6 is 0 Å². The molecule has 2 nitrogen and oxygen atoms in total. The van der Waals surface area contributed by atoms with Crippen molar-refractivity contribution < 1.29 is 8.42 Å². The number of thiol groups is 1. The second kappa shape index (κ2) is 5.81. The van der Waals surface area contributed by atoms with Gasteiger partial charge in [0.2, 0.25) is 0 Å². The first-order valence-corrected chi connectivity index (χ1v) is 6.15. The number of hydrogen-bond acceptors (Lipinski definition) is 2. The third-order valence-electron chi connectivity index (χ3n) is 2.22. The Kier molecular flexibility index (Phi) is 4.66. The second-order valence-electron chi connectivity index (χ2n) is 3.38. The minimum absolute atomic E-state index is 0.402. The lowest BCUT2D eigenvalue weighted by Gasteiger charge is -2.00. The maximum absolute atomic E-state index is 10.6. The van der Waals surface area contributed by atoms with Crippen LogP contribution in [0.15, 0.2) is 29.2 Å². The molecule has 0 bridgehead atoms. The summed E-state index contributed by atoms with van der Waals surface area (Å²) in [6.07, 6.45) is 4.67. The van der Waals surface area contributed by atoms with Crippen LogP contribution in [0, 0.1) is 0 Å². The molecule has 0 radical (unpaired) electrons. The van der Waals surface area contributed by atoms with Crippen molar-refractivity contribution in [1.82, 2.24) is 0 Å². The van der Waals surface area contributed by atoms with Gasteiger partial charge in [0.25, 0.3) is 0 Å². The van der Waals surface area contributed by atoms with Crippen molar-refractivity contribution in [2.24, 2.45) is 0 Å². The minimum atomic E-state index is -2.42. The molecule has 0 aliphatic rings. The van der Waals surface area contributed by atoms with Gasteiger partial charge in [-0.1, -0.05) is 31.9 Å². The molecule has 0 atom stereocenters. The summed E-state index contributed by atoms with van der Waals surface area (Å²) in [5.41, 5.74) is 1.22. The standard InChI is InChI=1S/C11H16O2S/c1-2-3-4-5-10-6-8-11(9-7-10)14(12)13/h6-9,14H,2-5H2,1H3. The number of unbranched alkanes of at least 4 members (excludes halogenated alkanes) is 2. The van der Waals surface area contributed by atoms with E-state index < -0.39 is 10.7 Å². The molecule has 1 aromatic rings. The summed E-state index contributed by atoms with van der Waals surface area (Å²) in [6.45, 7) is 2.17. The molecule has 3 heteroatoms. The van der Waals surface area contributed by atoms with Crippen molar-refractivity contribution in [3.63, 3.8) is 0 Å². The zero-order chi connectivity index (χ0) is 10.4. The van der Waals surface area contributed by atoms with E-state index in [0.29, 0.717) is 4.90 Å². The molecule has 0 unspecified atom stereocenters. The van der Waals surface area contributed by atoms with E-state index in [4.69, 9.17) is 0 Å².